The Hall–Kier alpha value is -0.840. The number of morpholine rings is 1. The molecule has 1 aliphatic heterocycles. The van der Waals surface area contributed by atoms with Crippen LogP contribution in [0.4, 0.5) is 0 Å². The fourth-order valence-electron chi connectivity index (χ4n) is 2.30. The summed E-state index contributed by atoms with van der Waals surface area (Å²) in [6.45, 7) is 11.8. The third kappa shape index (κ3) is 3.34. The summed E-state index contributed by atoms with van der Waals surface area (Å²) >= 11 is 0. The average molecular weight is 252 g/mol. The molecule has 2 heterocycles. The monoisotopic (exact) mass is 252 g/mol. The molecule has 0 aliphatic carbocycles. The highest BCUT2D eigenvalue weighted by molar-refractivity contribution is 5.21. The molecule has 102 valence electrons. The molecular weight excluding hydrogens is 228 g/mol. The van der Waals surface area contributed by atoms with E-state index >= 15 is 0 Å². The lowest BCUT2D eigenvalue weighted by Gasteiger charge is -2.32. The summed E-state index contributed by atoms with van der Waals surface area (Å²) in [5.41, 5.74) is 1.30. The van der Waals surface area contributed by atoms with E-state index in [9.17, 15) is 0 Å². The van der Waals surface area contributed by atoms with Crippen molar-refractivity contribution in [3.8, 4) is 0 Å². The number of hydrogen-bond acceptors (Lipinski definition) is 4. The highest BCUT2D eigenvalue weighted by atomic mass is 16.5. The molecule has 1 saturated heterocycles. The van der Waals surface area contributed by atoms with Crippen LogP contribution < -0.4 is 5.32 Å². The first-order chi connectivity index (χ1) is 8.70. The predicted octanol–water partition coefficient (Wildman–Crippen LogP) is 1.92. The normalized spacial score (nSPS) is 21.4. The van der Waals surface area contributed by atoms with Crippen molar-refractivity contribution in [2.24, 2.45) is 0 Å². The average Bonchev–Trinajstić information content (AvgIpc) is 2.70. The SMILES string of the molecule is CCNCc1cc(CN2CCOCC2C)c(C)o1. The molecule has 0 bridgehead atoms. The van der Waals surface area contributed by atoms with Crippen molar-refractivity contribution in [2.45, 2.75) is 39.9 Å². The van der Waals surface area contributed by atoms with E-state index in [2.05, 4.69) is 37.1 Å². The molecule has 1 aromatic heterocycles. The quantitative estimate of drug-likeness (QED) is 0.869. The van der Waals surface area contributed by atoms with Gasteiger partial charge in [0.05, 0.1) is 19.8 Å². The summed E-state index contributed by atoms with van der Waals surface area (Å²) in [4.78, 5) is 2.46. The Balaban J connectivity index is 1.97. The number of aryl methyl sites for hydroxylation is 1. The Labute approximate surface area is 109 Å². The molecule has 4 nitrogen and oxygen atoms in total. The zero-order chi connectivity index (χ0) is 13.0. The first-order valence-electron chi connectivity index (χ1n) is 6.81. The third-order valence-corrected chi connectivity index (χ3v) is 3.50. The Kier molecular flexibility index (Phi) is 4.80. The lowest BCUT2D eigenvalue weighted by molar-refractivity contribution is -0.00454. The van der Waals surface area contributed by atoms with Crippen molar-refractivity contribution in [1.82, 2.24) is 10.2 Å². The van der Waals surface area contributed by atoms with Gasteiger partial charge in [-0.05, 0) is 26.5 Å². The van der Waals surface area contributed by atoms with Crippen molar-refractivity contribution in [3.63, 3.8) is 0 Å². The van der Waals surface area contributed by atoms with Gasteiger partial charge in [0.1, 0.15) is 11.5 Å². The standard InChI is InChI=1S/C14H24N2O2/c1-4-15-8-14-7-13(12(3)18-14)9-16-5-6-17-10-11(16)2/h7,11,15H,4-6,8-10H2,1-3H3. The second-order valence-electron chi connectivity index (χ2n) is 4.97. The van der Waals surface area contributed by atoms with Crippen molar-refractivity contribution >= 4 is 0 Å². The number of hydrogen-bond donors (Lipinski definition) is 1. The molecule has 0 saturated carbocycles. The first-order valence-corrected chi connectivity index (χ1v) is 6.81. The Morgan fingerprint density at radius 1 is 1.50 bits per heavy atom. The molecule has 2 rings (SSSR count). The summed E-state index contributed by atoms with van der Waals surface area (Å²) in [7, 11) is 0. The van der Waals surface area contributed by atoms with E-state index in [-0.39, 0.29) is 0 Å². The maximum Gasteiger partial charge on any atom is 0.118 e. The minimum Gasteiger partial charge on any atom is -0.465 e. The summed E-state index contributed by atoms with van der Waals surface area (Å²) in [6.07, 6.45) is 0. The molecule has 1 N–H and O–H groups in total. The minimum atomic E-state index is 0.491. The zero-order valence-corrected chi connectivity index (χ0v) is 11.7. The maximum atomic E-state index is 5.77. The number of nitrogens with zero attached hydrogens (tertiary/aromatic N) is 1. The molecule has 0 spiro atoms. The van der Waals surface area contributed by atoms with E-state index in [1.54, 1.807) is 0 Å². The van der Waals surface area contributed by atoms with Gasteiger partial charge in [-0.25, -0.2) is 0 Å². The van der Waals surface area contributed by atoms with Gasteiger partial charge in [-0.3, -0.25) is 4.90 Å². The van der Waals surface area contributed by atoms with Gasteiger partial charge in [-0.1, -0.05) is 6.92 Å². The van der Waals surface area contributed by atoms with E-state index in [0.29, 0.717) is 6.04 Å². The van der Waals surface area contributed by atoms with Gasteiger partial charge in [0.2, 0.25) is 0 Å². The van der Waals surface area contributed by atoms with Crippen molar-refractivity contribution in [1.29, 1.82) is 0 Å². The molecular formula is C14H24N2O2. The third-order valence-electron chi connectivity index (χ3n) is 3.50. The van der Waals surface area contributed by atoms with Crippen LogP contribution >= 0.6 is 0 Å². The van der Waals surface area contributed by atoms with Gasteiger partial charge in [0.15, 0.2) is 0 Å². The van der Waals surface area contributed by atoms with E-state index in [0.717, 1.165) is 50.9 Å². The van der Waals surface area contributed by atoms with Gasteiger partial charge < -0.3 is 14.5 Å². The molecule has 1 atom stereocenters. The maximum absolute atomic E-state index is 5.77. The van der Waals surface area contributed by atoms with Crippen molar-refractivity contribution in [3.05, 3.63) is 23.2 Å². The van der Waals surface area contributed by atoms with Crippen LogP contribution in [0.2, 0.25) is 0 Å². The lowest BCUT2D eigenvalue weighted by atomic mass is 10.2. The molecule has 0 radical (unpaired) electrons. The summed E-state index contributed by atoms with van der Waals surface area (Å²) in [6, 6.07) is 2.67. The van der Waals surface area contributed by atoms with E-state index in [4.69, 9.17) is 9.15 Å². The molecule has 1 aromatic rings. The summed E-state index contributed by atoms with van der Waals surface area (Å²) < 4.78 is 11.2. The largest absolute Gasteiger partial charge is 0.465 e. The van der Waals surface area contributed by atoms with Crippen molar-refractivity contribution in [2.75, 3.05) is 26.3 Å². The first kappa shape index (κ1) is 13.6. The molecule has 0 aromatic carbocycles. The fourth-order valence-corrected chi connectivity index (χ4v) is 2.30. The smallest absolute Gasteiger partial charge is 0.118 e. The van der Waals surface area contributed by atoms with Crippen LogP contribution in [-0.4, -0.2) is 37.2 Å². The molecule has 1 fully saturated rings. The van der Waals surface area contributed by atoms with Crippen LogP contribution in [0.5, 0.6) is 0 Å². The van der Waals surface area contributed by atoms with Gasteiger partial charge >= 0.3 is 0 Å². The summed E-state index contributed by atoms with van der Waals surface area (Å²) in [5, 5.41) is 3.29. The van der Waals surface area contributed by atoms with Crippen LogP contribution in [-0.2, 0) is 17.8 Å². The van der Waals surface area contributed by atoms with Crippen LogP contribution in [0.15, 0.2) is 10.5 Å². The molecule has 0 amide bonds. The van der Waals surface area contributed by atoms with Crippen molar-refractivity contribution < 1.29 is 9.15 Å². The number of ether oxygens (including phenoxy) is 1. The van der Waals surface area contributed by atoms with E-state index in [1.165, 1.54) is 5.56 Å². The minimum absolute atomic E-state index is 0.491. The van der Waals surface area contributed by atoms with Gasteiger partial charge in [-0.2, -0.15) is 0 Å². The van der Waals surface area contributed by atoms with Gasteiger partial charge in [-0.15, -0.1) is 0 Å². The Morgan fingerprint density at radius 3 is 3.06 bits per heavy atom. The predicted molar refractivity (Wildman–Crippen MR) is 71.5 cm³/mol. The van der Waals surface area contributed by atoms with Crippen LogP contribution in [0.3, 0.4) is 0 Å². The second-order valence-corrected chi connectivity index (χ2v) is 4.97. The lowest BCUT2D eigenvalue weighted by Crippen LogP contribution is -2.42. The number of furan rings is 1. The van der Waals surface area contributed by atoms with E-state index < -0.39 is 0 Å². The fraction of sp³-hybridized carbons (Fsp3) is 0.714. The second kappa shape index (κ2) is 6.36. The molecule has 1 unspecified atom stereocenters. The topological polar surface area (TPSA) is 37.6 Å². The molecule has 1 aliphatic rings. The number of rotatable bonds is 5. The van der Waals surface area contributed by atoms with Crippen LogP contribution in [0.25, 0.3) is 0 Å². The highest BCUT2D eigenvalue weighted by Gasteiger charge is 2.20. The molecule has 4 heteroatoms. The molecule has 18 heavy (non-hydrogen) atoms. The van der Waals surface area contributed by atoms with Gasteiger partial charge in [0, 0.05) is 24.7 Å². The number of nitrogens with one attached hydrogen (secondary N) is 1. The highest BCUT2D eigenvalue weighted by Crippen LogP contribution is 2.19. The zero-order valence-electron chi connectivity index (χ0n) is 11.7. The van der Waals surface area contributed by atoms with E-state index in [1.807, 2.05) is 0 Å². The van der Waals surface area contributed by atoms with Crippen LogP contribution in [0.1, 0.15) is 30.9 Å². The van der Waals surface area contributed by atoms with Crippen LogP contribution in [0, 0.1) is 6.92 Å². The van der Waals surface area contributed by atoms with Gasteiger partial charge in [0.25, 0.3) is 0 Å². The Morgan fingerprint density at radius 2 is 2.33 bits per heavy atom. The summed E-state index contributed by atoms with van der Waals surface area (Å²) in [5.74, 6) is 2.08. The Bertz CT molecular complexity index is 376.